The number of rotatable bonds is 2. The maximum absolute atomic E-state index is 13.6. The van der Waals surface area contributed by atoms with Gasteiger partial charge in [0.2, 0.25) is 0 Å². The third-order valence-electron chi connectivity index (χ3n) is 3.37. The van der Waals surface area contributed by atoms with Crippen LogP contribution in [0.4, 0.5) is 9.52 Å². The van der Waals surface area contributed by atoms with Gasteiger partial charge in [-0.1, -0.05) is 11.6 Å². The lowest BCUT2D eigenvalue weighted by Gasteiger charge is -2.15. The summed E-state index contributed by atoms with van der Waals surface area (Å²) < 4.78 is 13.6. The Bertz CT molecular complexity index is 707. The van der Waals surface area contributed by atoms with Crippen LogP contribution in [0.15, 0.2) is 18.2 Å². The summed E-state index contributed by atoms with van der Waals surface area (Å²) in [4.78, 5) is 17.6. The average molecular weight is 362 g/mol. The lowest BCUT2D eigenvalue weighted by molar-refractivity contribution is 0.102. The van der Waals surface area contributed by atoms with Gasteiger partial charge in [0.05, 0.1) is 11.3 Å². The number of carbonyl (C=O) groups is 1. The summed E-state index contributed by atoms with van der Waals surface area (Å²) in [6.07, 6.45) is 2.48. The van der Waals surface area contributed by atoms with E-state index < -0.39 is 11.7 Å². The molecule has 0 unspecified atom stereocenters. The molecule has 0 bridgehead atoms. The first kappa shape index (κ1) is 17.1. The van der Waals surface area contributed by atoms with E-state index in [9.17, 15) is 9.18 Å². The molecule has 1 aliphatic rings. The molecule has 1 aromatic heterocycles. The molecular formula is C14H14Cl2FN3OS. The first-order valence-corrected chi connectivity index (χ1v) is 7.73. The third-order valence-corrected chi connectivity index (χ3v) is 4.64. The second-order valence-electron chi connectivity index (χ2n) is 4.97. The number of halogens is 3. The first-order valence-electron chi connectivity index (χ1n) is 6.53. The van der Waals surface area contributed by atoms with E-state index in [4.69, 9.17) is 17.3 Å². The van der Waals surface area contributed by atoms with E-state index in [1.807, 2.05) is 0 Å². The van der Waals surface area contributed by atoms with Crippen LogP contribution in [0.25, 0.3) is 0 Å². The SMILES string of the molecule is Cl.N[C@H]1CCc2nc(NC(=O)c3cc(Cl)ccc3F)sc2C1. The number of nitrogens with one attached hydrogen (secondary N) is 1. The number of aryl methyl sites for hydroxylation is 1. The van der Waals surface area contributed by atoms with Gasteiger partial charge in [0.25, 0.3) is 5.91 Å². The fourth-order valence-electron chi connectivity index (χ4n) is 2.29. The minimum Gasteiger partial charge on any atom is -0.327 e. The summed E-state index contributed by atoms with van der Waals surface area (Å²) in [5.74, 6) is -1.16. The largest absolute Gasteiger partial charge is 0.327 e. The molecule has 2 aromatic rings. The molecule has 22 heavy (non-hydrogen) atoms. The quantitative estimate of drug-likeness (QED) is 0.860. The van der Waals surface area contributed by atoms with E-state index >= 15 is 0 Å². The second kappa shape index (κ2) is 6.91. The van der Waals surface area contributed by atoms with Gasteiger partial charge in [-0.15, -0.1) is 23.7 Å². The van der Waals surface area contributed by atoms with Gasteiger partial charge in [-0.05, 0) is 37.5 Å². The number of hydrogen-bond donors (Lipinski definition) is 2. The molecular weight excluding hydrogens is 348 g/mol. The van der Waals surface area contributed by atoms with E-state index in [2.05, 4.69) is 10.3 Å². The maximum Gasteiger partial charge on any atom is 0.260 e. The summed E-state index contributed by atoms with van der Waals surface area (Å²) in [5.41, 5.74) is 6.80. The normalized spacial score (nSPS) is 16.6. The fourth-order valence-corrected chi connectivity index (χ4v) is 3.56. The van der Waals surface area contributed by atoms with Crippen molar-refractivity contribution < 1.29 is 9.18 Å². The van der Waals surface area contributed by atoms with Crippen LogP contribution in [0, 0.1) is 5.82 Å². The van der Waals surface area contributed by atoms with Crippen molar-refractivity contribution in [1.29, 1.82) is 0 Å². The standard InChI is InChI=1S/C14H13ClFN3OS.ClH/c15-7-1-3-10(16)9(5-7)13(20)19-14-18-11-4-2-8(17)6-12(11)21-14;/h1,3,5,8H,2,4,6,17H2,(H,18,19,20);1H/t8-;/m0./s1. The highest BCUT2D eigenvalue weighted by molar-refractivity contribution is 7.15. The molecule has 0 aliphatic heterocycles. The number of carbonyl (C=O) groups excluding carboxylic acids is 1. The molecule has 1 atom stereocenters. The number of benzene rings is 1. The van der Waals surface area contributed by atoms with Gasteiger partial charge >= 0.3 is 0 Å². The first-order chi connectivity index (χ1) is 10.0. The van der Waals surface area contributed by atoms with Gasteiger partial charge in [-0.3, -0.25) is 10.1 Å². The summed E-state index contributed by atoms with van der Waals surface area (Å²) >= 11 is 7.18. The fraction of sp³-hybridized carbons (Fsp3) is 0.286. The monoisotopic (exact) mass is 361 g/mol. The van der Waals surface area contributed by atoms with Crippen molar-refractivity contribution in [1.82, 2.24) is 4.98 Å². The van der Waals surface area contributed by atoms with Gasteiger partial charge in [0, 0.05) is 15.9 Å². The number of nitrogens with zero attached hydrogens (tertiary/aromatic N) is 1. The number of anilines is 1. The summed E-state index contributed by atoms with van der Waals surface area (Å²) in [6, 6.07) is 4.02. The van der Waals surface area contributed by atoms with Crippen LogP contribution in [0.5, 0.6) is 0 Å². The highest BCUT2D eigenvalue weighted by atomic mass is 35.5. The number of thiazole rings is 1. The highest BCUT2D eigenvalue weighted by Crippen LogP contribution is 2.29. The van der Waals surface area contributed by atoms with Crippen LogP contribution in [-0.2, 0) is 12.8 Å². The number of hydrogen-bond acceptors (Lipinski definition) is 4. The van der Waals surface area contributed by atoms with Crippen LogP contribution in [-0.4, -0.2) is 16.9 Å². The molecule has 118 valence electrons. The second-order valence-corrected chi connectivity index (χ2v) is 6.49. The molecule has 1 heterocycles. The molecule has 1 aliphatic carbocycles. The number of nitrogens with two attached hydrogens (primary N) is 1. The van der Waals surface area contributed by atoms with Crippen molar-refractivity contribution in [2.45, 2.75) is 25.3 Å². The molecule has 0 saturated carbocycles. The maximum atomic E-state index is 13.6. The van der Waals surface area contributed by atoms with Crippen LogP contribution < -0.4 is 11.1 Å². The van der Waals surface area contributed by atoms with Gasteiger partial charge in [-0.2, -0.15) is 0 Å². The Hall–Kier alpha value is -1.21. The Morgan fingerprint density at radius 1 is 1.50 bits per heavy atom. The highest BCUT2D eigenvalue weighted by Gasteiger charge is 2.21. The van der Waals surface area contributed by atoms with E-state index in [0.717, 1.165) is 29.8 Å². The van der Waals surface area contributed by atoms with Crippen molar-refractivity contribution in [2.75, 3.05) is 5.32 Å². The van der Waals surface area contributed by atoms with Crippen molar-refractivity contribution in [3.05, 3.63) is 45.2 Å². The molecule has 1 amide bonds. The third kappa shape index (κ3) is 3.57. The molecule has 4 nitrogen and oxygen atoms in total. The molecule has 0 saturated heterocycles. The zero-order chi connectivity index (χ0) is 15.0. The van der Waals surface area contributed by atoms with E-state index in [1.54, 1.807) is 0 Å². The van der Waals surface area contributed by atoms with Crippen molar-refractivity contribution >= 4 is 46.4 Å². The van der Waals surface area contributed by atoms with Crippen molar-refractivity contribution in [3.8, 4) is 0 Å². The summed E-state index contributed by atoms with van der Waals surface area (Å²) in [7, 11) is 0. The van der Waals surface area contributed by atoms with E-state index in [-0.39, 0.29) is 24.0 Å². The predicted octanol–water partition coefficient (Wildman–Crippen LogP) is 3.43. The van der Waals surface area contributed by atoms with E-state index in [1.165, 1.54) is 29.5 Å². The van der Waals surface area contributed by atoms with Crippen molar-refractivity contribution in [2.24, 2.45) is 5.73 Å². The molecule has 1 aromatic carbocycles. The van der Waals surface area contributed by atoms with Gasteiger partial charge in [0.1, 0.15) is 5.82 Å². The summed E-state index contributed by atoms with van der Waals surface area (Å²) in [5, 5.41) is 3.41. The Morgan fingerprint density at radius 3 is 3.05 bits per heavy atom. The number of fused-ring (bicyclic) bond motifs is 1. The van der Waals surface area contributed by atoms with Crippen LogP contribution in [0.2, 0.25) is 5.02 Å². The van der Waals surface area contributed by atoms with Crippen LogP contribution >= 0.6 is 35.3 Å². The number of aromatic nitrogens is 1. The zero-order valence-corrected chi connectivity index (χ0v) is 13.8. The Morgan fingerprint density at radius 2 is 2.27 bits per heavy atom. The average Bonchev–Trinajstić information content (AvgIpc) is 2.82. The minimum atomic E-state index is -0.611. The molecule has 0 radical (unpaired) electrons. The Labute approximate surface area is 142 Å². The van der Waals surface area contributed by atoms with Crippen molar-refractivity contribution in [3.63, 3.8) is 0 Å². The summed E-state index contributed by atoms with van der Waals surface area (Å²) in [6.45, 7) is 0. The molecule has 3 rings (SSSR count). The topological polar surface area (TPSA) is 68.0 Å². The zero-order valence-electron chi connectivity index (χ0n) is 11.4. The minimum absolute atomic E-state index is 0. The smallest absolute Gasteiger partial charge is 0.260 e. The van der Waals surface area contributed by atoms with Gasteiger partial charge in [0.15, 0.2) is 5.13 Å². The number of amides is 1. The lowest BCUT2D eigenvalue weighted by Crippen LogP contribution is -2.27. The molecule has 0 fully saturated rings. The van der Waals surface area contributed by atoms with Crippen LogP contribution in [0.1, 0.15) is 27.3 Å². The Kier molecular flexibility index (Phi) is 5.39. The molecule has 8 heteroatoms. The van der Waals surface area contributed by atoms with Gasteiger partial charge < -0.3 is 5.73 Å². The van der Waals surface area contributed by atoms with Crippen LogP contribution in [0.3, 0.4) is 0 Å². The predicted molar refractivity (Wildman–Crippen MR) is 88.7 cm³/mol. The van der Waals surface area contributed by atoms with E-state index in [0.29, 0.717) is 10.2 Å². The molecule has 3 N–H and O–H groups in total. The molecule has 0 spiro atoms. The van der Waals surface area contributed by atoms with Gasteiger partial charge in [-0.25, -0.2) is 9.37 Å². The Balaban J connectivity index is 0.00000176. The lowest BCUT2D eigenvalue weighted by atomic mass is 9.99.